The van der Waals surface area contributed by atoms with E-state index in [1.54, 1.807) is 0 Å². The van der Waals surface area contributed by atoms with Crippen LogP contribution in [0.4, 0.5) is 0 Å². The quantitative estimate of drug-likeness (QED) is 0.185. The van der Waals surface area contributed by atoms with Crippen molar-refractivity contribution in [1.29, 1.82) is 0 Å². The average molecular weight is 528 g/mol. The monoisotopic (exact) mass is 527 g/mol. The molecule has 9 N–H and O–H groups in total. The summed E-state index contributed by atoms with van der Waals surface area (Å²) in [6.45, 7) is 0. The highest BCUT2D eigenvalue weighted by Gasteiger charge is 2.51. The third-order valence-electron chi connectivity index (χ3n) is 6.21. The number of aliphatic hydroxyl groups is 2. The Morgan fingerprint density at radius 3 is 1.76 bits per heavy atom. The Kier molecular flexibility index (Phi) is 8.41. The topological polar surface area (TPSA) is 214 Å². The molecule has 2 aromatic carbocycles. The highest BCUT2D eigenvalue weighted by Crippen LogP contribution is 2.32. The number of nitrogens with zero attached hydrogens (tertiary/aromatic N) is 1. The van der Waals surface area contributed by atoms with Crippen molar-refractivity contribution in [2.45, 2.75) is 36.6 Å². The highest BCUT2D eigenvalue weighted by atomic mass is 16.3. The summed E-state index contributed by atoms with van der Waals surface area (Å²) in [6, 6.07) is 5.10. The normalized spacial score (nSPS) is 23.4. The Labute approximate surface area is 217 Å². The van der Waals surface area contributed by atoms with Gasteiger partial charge in [-0.05, 0) is 47.5 Å². The maximum absolute atomic E-state index is 13.3. The number of aliphatic hydroxyl groups excluding tert-OH is 1. The minimum absolute atomic E-state index is 0.318. The van der Waals surface area contributed by atoms with Crippen LogP contribution in [0.1, 0.15) is 24.0 Å². The number of carbonyl (C=O) groups is 3. The van der Waals surface area contributed by atoms with Crippen LogP contribution in [0.2, 0.25) is 0 Å². The van der Waals surface area contributed by atoms with Gasteiger partial charge in [-0.1, -0.05) is 12.1 Å². The van der Waals surface area contributed by atoms with E-state index >= 15 is 0 Å². The van der Waals surface area contributed by atoms with Gasteiger partial charge in [0.15, 0.2) is 23.0 Å². The van der Waals surface area contributed by atoms with Gasteiger partial charge in [0.2, 0.25) is 0 Å². The second-order valence-corrected chi connectivity index (χ2v) is 8.95. The average Bonchev–Trinajstić information content (AvgIpc) is 2.86. The van der Waals surface area contributed by atoms with Crippen LogP contribution in [0.3, 0.4) is 0 Å². The summed E-state index contributed by atoms with van der Waals surface area (Å²) >= 11 is 0. The molecule has 38 heavy (non-hydrogen) atoms. The maximum atomic E-state index is 13.3. The third kappa shape index (κ3) is 6.11. The first-order valence-electron chi connectivity index (χ1n) is 11.5. The molecule has 0 radical (unpaired) electrons. The smallest absolute Gasteiger partial charge is 0.253 e. The van der Waals surface area contributed by atoms with Crippen molar-refractivity contribution in [3.8, 4) is 23.0 Å². The van der Waals surface area contributed by atoms with Crippen molar-refractivity contribution < 1.29 is 45.0 Å². The van der Waals surface area contributed by atoms with E-state index in [2.05, 4.69) is 5.32 Å². The number of aromatic hydroxyl groups is 4. The van der Waals surface area contributed by atoms with Crippen molar-refractivity contribution in [1.82, 2.24) is 10.2 Å². The summed E-state index contributed by atoms with van der Waals surface area (Å²) < 4.78 is 0. The molecule has 0 aromatic heterocycles. The second-order valence-electron chi connectivity index (χ2n) is 8.95. The molecule has 3 amide bonds. The lowest BCUT2D eigenvalue weighted by Crippen LogP contribution is -2.66. The van der Waals surface area contributed by atoms with Crippen LogP contribution in [0.5, 0.6) is 23.0 Å². The van der Waals surface area contributed by atoms with Gasteiger partial charge in [-0.15, -0.1) is 0 Å². The Balaban J connectivity index is 1.95. The summed E-state index contributed by atoms with van der Waals surface area (Å²) in [4.78, 5) is 39.4. The Bertz CT molecular complexity index is 1210. The van der Waals surface area contributed by atoms with E-state index in [-0.39, 0.29) is 17.9 Å². The van der Waals surface area contributed by atoms with Crippen molar-refractivity contribution in [2.24, 2.45) is 5.73 Å². The number of rotatable bonds is 6. The molecule has 12 heteroatoms. The molecule has 3 rings (SSSR count). The van der Waals surface area contributed by atoms with E-state index in [0.29, 0.717) is 16.0 Å². The fourth-order valence-corrected chi connectivity index (χ4v) is 4.31. The van der Waals surface area contributed by atoms with Crippen LogP contribution < -0.4 is 11.1 Å². The predicted molar refractivity (Wildman–Crippen MR) is 135 cm³/mol. The van der Waals surface area contributed by atoms with Crippen LogP contribution >= 0.6 is 0 Å². The van der Waals surface area contributed by atoms with Gasteiger partial charge in [-0.2, -0.15) is 0 Å². The van der Waals surface area contributed by atoms with E-state index in [1.165, 1.54) is 55.6 Å². The number of nitrogens with one attached hydrogen (secondary N) is 1. The lowest BCUT2D eigenvalue weighted by Gasteiger charge is -2.45. The van der Waals surface area contributed by atoms with Gasteiger partial charge in [0.1, 0.15) is 5.60 Å². The van der Waals surface area contributed by atoms with Crippen molar-refractivity contribution in [3.63, 3.8) is 0 Å². The number of amides is 3. The largest absolute Gasteiger partial charge is 0.504 e. The lowest BCUT2D eigenvalue weighted by molar-refractivity contribution is -0.159. The second kappa shape index (κ2) is 11.3. The van der Waals surface area contributed by atoms with Gasteiger partial charge in [0, 0.05) is 38.1 Å². The molecule has 1 aliphatic carbocycles. The summed E-state index contributed by atoms with van der Waals surface area (Å²) in [5.41, 5.74) is 4.81. The molecular weight excluding hydrogens is 498 g/mol. The lowest BCUT2D eigenvalue weighted by atomic mass is 9.76. The molecular formula is C26H29N3O9. The molecule has 0 aliphatic heterocycles. The summed E-state index contributed by atoms with van der Waals surface area (Å²) in [7, 11) is 1.31. The highest BCUT2D eigenvalue weighted by molar-refractivity contribution is 6.08. The molecule has 0 spiro atoms. The zero-order valence-corrected chi connectivity index (χ0v) is 20.4. The Morgan fingerprint density at radius 1 is 0.895 bits per heavy atom. The zero-order valence-electron chi connectivity index (χ0n) is 20.4. The van der Waals surface area contributed by atoms with Gasteiger partial charge < -0.3 is 41.7 Å². The summed E-state index contributed by atoms with van der Waals surface area (Å²) in [5.74, 6) is -4.15. The molecule has 2 aromatic rings. The van der Waals surface area contributed by atoms with E-state index in [0.717, 1.165) is 12.2 Å². The standard InChI is InChI=1S/C26H29N3O9/c1-28-25(37)26(38)12-16(27)24(21(34)13-26)29(22(35)8-4-14-2-6-17(30)19(32)10-14)23(36)9-5-15-3-7-18(31)20(33)11-15/h2-11,16,21,24,30-34,38H,12-13,27H2,1H3,(H,28,37)/b8-4+,9-5+. The fourth-order valence-electron chi connectivity index (χ4n) is 4.31. The number of benzene rings is 2. The van der Waals surface area contributed by atoms with Crippen LogP contribution in [0.15, 0.2) is 48.6 Å². The number of imide groups is 1. The van der Waals surface area contributed by atoms with E-state index in [4.69, 9.17) is 5.73 Å². The van der Waals surface area contributed by atoms with Crippen LogP contribution in [-0.2, 0) is 14.4 Å². The number of hydrogen-bond acceptors (Lipinski definition) is 10. The predicted octanol–water partition coefficient (Wildman–Crippen LogP) is -0.0815. The number of carbonyl (C=O) groups excluding carboxylic acids is 3. The molecule has 4 unspecified atom stereocenters. The molecule has 4 atom stereocenters. The molecule has 0 bridgehead atoms. The number of hydrogen-bond donors (Lipinski definition) is 8. The van der Waals surface area contributed by atoms with Crippen LogP contribution in [0, 0.1) is 0 Å². The van der Waals surface area contributed by atoms with Gasteiger partial charge in [-0.3, -0.25) is 19.3 Å². The minimum atomic E-state index is -2.01. The number of phenols is 4. The van der Waals surface area contributed by atoms with E-state index in [1.807, 2.05) is 0 Å². The number of likely N-dealkylation sites (N-methyl/N-ethyl adjacent to an activating group) is 1. The fraction of sp³-hybridized carbons (Fsp3) is 0.269. The first kappa shape index (κ1) is 28.2. The molecule has 0 heterocycles. The number of phenolic OH excluding ortho intramolecular Hbond substituents is 4. The zero-order chi connectivity index (χ0) is 28.2. The van der Waals surface area contributed by atoms with Gasteiger partial charge in [0.05, 0.1) is 12.1 Å². The van der Waals surface area contributed by atoms with E-state index in [9.17, 15) is 45.0 Å². The first-order chi connectivity index (χ1) is 17.9. The van der Waals surface area contributed by atoms with Gasteiger partial charge in [0.25, 0.3) is 17.7 Å². The molecule has 0 saturated heterocycles. The number of nitrogens with two attached hydrogens (primary N) is 1. The third-order valence-corrected chi connectivity index (χ3v) is 6.21. The summed E-state index contributed by atoms with van der Waals surface area (Å²) in [5, 5.41) is 62.2. The molecule has 1 fully saturated rings. The molecule has 202 valence electrons. The Morgan fingerprint density at radius 2 is 1.37 bits per heavy atom. The van der Waals surface area contributed by atoms with Crippen molar-refractivity contribution >= 4 is 29.9 Å². The minimum Gasteiger partial charge on any atom is -0.504 e. The Hall–Kier alpha value is -4.39. The summed E-state index contributed by atoms with van der Waals surface area (Å²) in [6.07, 6.45) is 2.14. The maximum Gasteiger partial charge on any atom is 0.253 e. The SMILES string of the molecule is CNC(=O)C1(O)CC(N)C(N(C(=O)/C=C/c2ccc(O)c(O)c2)C(=O)/C=C/c2ccc(O)c(O)c2)C(O)C1. The first-order valence-corrected chi connectivity index (χ1v) is 11.5. The van der Waals surface area contributed by atoms with E-state index < -0.39 is 59.4 Å². The van der Waals surface area contributed by atoms with Crippen molar-refractivity contribution in [3.05, 3.63) is 59.7 Å². The van der Waals surface area contributed by atoms with Crippen molar-refractivity contribution in [2.75, 3.05) is 7.05 Å². The molecule has 12 nitrogen and oxygen atoms in total. The van der Waals surface area contributed by atoms with Crippen LogP contribution in [0.25, 0.3) is 12.2 Å². The van der Waals surface area contributed by atoms with Gasteiger partial charge >= 0.3 is 0 Å². The van der Waals surface area contributed by atoms with Gasteiger partial charge in [-0.25, -0.2) is 0 Å². The van der Waals surface area contributed by atoms with Crippen LogP contribution in [-0.4, -0.2) is 84.1 Å². The molecule has 1 aliphatic rings. The molecule has 1 saturated carbocycles.